The van der Waals surface area contributed by atoms with Crippen molar-refractivity contribution < 1.29 is 4.39 Å². The minimum absolute atomic E-state index is 0.279. The highest BCUT2D eigenvalue weighted by molar-refractivity contribution is 6.02. The first-order valence-corrected chi connectivity index (χ1v) is 8.02. The van der Waals surface area contributed by atoms with E-state index in [2.05, 4.69) is 48.3 Å². The van der Waals surface area contributed by atoms with E-state index in [0.29, 0.717) is 17.6 Å². The molecule has 0 saturated carbocycles. The Balaban J connectivity index is 1.77. The van der Waals surface area contributed by atoms with E-state index in [1.54, 1.807) is 12.1 Å². The molecule has 3 aromatic carbocycles. The SMILES string of the molecule is CC1CN(C(N)=Nc2ccc(F)cc2)c2ccc3ccccc3c21. The molecule has 1 heterocycles. The number of nitrogens with two attached hydrogens (primary N) is 1. The Kier molecular flexibility index (Phi) is 3.45. The lowest BCUT2D eigenvalue weighted by atomic mass is 9.96. The topological polar surface area (TPSA) is 41.6 Å². The molecule has 2 N–H and O–H groups in total. The van der Waals surface area contributed by atoms with Crippen LogP contribution >= 0.6 is 0 Å². The molecule has 0 amide bonds. The summed E-state index contributed by atoms with van der Waals surface area (Å²) >= 11 is 0. The number of anilines is 1. The summed E-state index contributed by atoms with van der Waals surface area (Å²) in [5, 5.41) is 2.50. The number of halogens is 1. The van der Waals surface area contributed by atoms with Gasteiger partial charge in [0, 0.05) is 18.2 Å². The van der Waals surface area contributed by atoms with Gasteiger partial charge in [0.15, 0.2) is 0 Å². The van der Waals surface area contributed by atoms with Gasteiger partial charge in [-0.2, -0.15) is 0 Å². The van der Waals surface area contributed by atoms with Crippen molar-refractivity contribution in [2.75, 3.05) is 11.4 Å². The number of rotatable bonds is 1. The van der Waals surface area contributed by atoms with Gasteiger partial charge in [0.2, 0.25) is 5.96 Å². The number of aliphatic imine (C=N–C) groups is 1. The summed E-state index contributed by atoms with van der Waals surface area (Å²) < 4.78 is 13.0. The third-order valence-corrected chi connectivity index (χ3v) is 4.53. The molecule has 24 heavy (non-hydrogen) atoms. The lowest BCUT2D eigenvalue weighted by Gasteiger charge is -2.18. The van der Waals surface area contributed by atoms with E-state index in [9.17, 15) is 4.39 Å². The van der Waals surface area contributed by atoms with Crippen LogP contribution in [0.25, 0.3) is 10.8 Å². The van der Waals surface area contributed by atoms with Crippen LogP contribution in [0.2, 0.25) is 0 Å². The minimum Gasteiger partial charge on any atom is -0.369 e. The zero-order valence-corrected chi connectivity index (χ0v) is 13.4. The van der Waals surface area contributed by atoms with Gasteiger partial charge in [0.1, 0.15) is 5.82 Å². The second kappa shape index (κ2) is 5.64. The Morgan fingerprint density at radius 2 is 1.83 bits per heavy atom. The summed E-state index contributed by atoms with van der Waals surface area (Å²) in [5.74, 6) is 0.523. The highest BCUT2D eigenvalue weighted by atomic mass is 19.1. The van der Waals surface area contributed by atoms with Crippen LogP contribution in [0.1, 0.15) is 18.4 Å². The van der Waals surface area contributed by atoms with Crippen LogP contribution in [0.5, 0.6) is 0 Å². The molecule has 1 aliphatic rings. The first-order chi connectivity index (χ1) is 11.6. The van der Waals surface area contributed by atoms with Crippen molar-refractivity contribution in [2.45, 2.75) is 12.8 Å². The van der Waals surface area contributed by atoms with Crippen LogP contribution in [-0.2, 0) is 0 Å². The summed E-state index contributed by atoms with van der Waals surface area (Å²) in [6, 6.07) is 18.7. The fourth-order valence-corrected chi connectivity index (χ4v) is 3.43. The van der Waals surface area contributed by atoms with E-state index >= 15 is 0 Å². The maximum Gasteiger partial charge on any atom is 0.201 e. The summed E-state index contributed by atoms with van der Waals surface area (Å²) in [6.45, 7) is 3.00. The van der Waals surface area contributed by atoms with Gasteiger partial charge in [0.25, 0.3) is 0 Å². The van der Waals surface area contributed by atoms with Crippen LogP contribution in [-0.4, -0.2) is 12.5 Å². The third-order valence-electron chi connectivity index (χ3n) is 4.53. The average molecular weight is 319 g/mol. The summed E-state index contributed by atoms with van der Waals surface area (Å²) in [7, 11) is 0. The predicted octanol–water partition coefficient (Wildman–Crippen LogP) is 4.55. The second-order valence-corrected chi connectivity index (χ2v) is 6.18. The molecule has 3 nitrogen and oxygen atoms in total. The lowest BCUT2D eigenvalue weighted by molar-refractivity contribution is 0.628. The van der Waals surface area contributed by atoms with Gasteiger partial charge in [-0.1, -0.05) is 37.3 Å². The first kappa shape index (κ1) is 14.7. The smallest absolute Gasteiger partial charge is 0.201 e. The molecule has 1 atom stereocenters. The van der Waals surface area contributed by atoms with Gasteiger partial charge in [-0.25, -0.2) is 9.38 Å². The quantitative estimate of drug-likeness (QED) is 0.528. The van der Waals surface area contributed by atoms with E-state index in [1.165, 1.54) is 28.5 Å². The fourth-order valence-electron chi connectivity index (χ4n) is 3.43. The summed E-state index contributed by atoms with van der Waals surface area (Å²) in [5.41, 5.74) is 9.31. The summed E-state index contributed by atoms with van der Waals surface area (Å²) in [4.78, 5) is 6.49. The number of hydrogen-bond acceptors (Lipinski definition) is 1. The van der Waals surface area contributed by atoms with Crippen LogP contribution < -0.4 is 10.6 Å². The Hall–Kier alpha value is -2.88. The monoisotopic (exact) mass is 319 g/mol. The molecule has 3 aromatic rings. The standard InChI is InChI=1S/C20H18FN3/c1-13-12-24(20(22)23-16-9-7-15(21)8-10-16)18-11-6-14-4-2-3-5-17(14)19(13)18/h2-11,13H,12H2,1H3,(H2,22,23). The molecule has 1 aliphatic heterocycles. The maximum atomic E-state index is 13.0. The van der Waals surface area contributed by atoms with Gasteiger partial charge in [-0.05, 0) is 46.7 Å². The number of nitrogens with zero attached hydrogens (tertiary/aromatic N) is 2. The Bertz CT molecular complexity index is 931. The zero-order valence-electron chi connectivity index (χ0n) is 13.4. The predicted molar refractivity (Wildman–Crippen MR) is 97.4 cm³/mol. The number of fused-ring (bicyclic) bond motifs is 3. The minimum atomic E-state index is -0.279. The van der Waals surface area contributed by atoms with Crippen molar-refractivity contribution in [2.24, 2.45) is 10.7 Å². The van der Waals surface area contributed by atoms with Crippen molar-refractivity contribution in [3.05, 3.63) is 72.0 Å². The summed E-state index contributed by atoms with van der Waals surface area (Å²) in [6.07, 6.45) is 0. The largest absolute Gasteiger partial charge is 0.369 e. The molecular weight excluding hydrogens is 301 g/mol. The zero-order chi connectivity index (χ0) is 16.7. The first-order valence-electron chi connectivity index (χ1n) is 8.02. The van der Waals surface area contributed by atoms with E-state index < -0.39 is 0 Å². The normalized spacial score (nSPS) is 17.3. The second-order valence-electron chi connectivity index (χ2n) is 6.18. The van der Waals surface area contributed by atoms with Crippen LogP contribution in [0.4, 0.5) is 15.8 Å². The Morgan fingerprint density at radius 3 is 2.62 bits per heavy atom. The van der Waals surface area contributed by atoms with Crippen molar-refractivity contribution in [3.63, 3.8) is 0 Å². The average Bonchev–Trinajstić information content (AvgIpc) is 2.94. The van der Waals surface area contributed by atoms with Gasteiger partial charge >= 0.3 is 0 Å². The molecular formula is C20H18FN3. The highest BCUT2D eigenvalue weighted by Gasteiger charge is 2.29. The van der Waals surface area contributed by atoms with Gasteiger partial charge < -0.3 is 10.6 Å². The number of guanidine groups is 1. The molecule has 0 aromatic heterocycles. The molecule has 1 unspecified atom stereocenters. The van der Waals surface area contributed by atoms with Crippen molar-refractivity contribution in [3.8, 4) is 0 Å². The fraction of sp³-hybridized carbons (Fsp3) is 0.150. The molecule has 4 heteroatoms. The van der Waals surface area contributed by atoms with E-state index in [1.807, 2.05) is 4.90 Å². The van der Waals surface area contributed by atoms with Gasteiger partial charge in [-0.15, -0.1) is 0 Å². The number of hydrogen-bond donors (Lipinski definition) is 1. The Labute approximate surface area is 140 Å². The van der Waals surface area contributed by atoms with E-state index in [4.69, 9.17) is 5.73 Å². The molecule has 0 radical (unpaired) electrons. The molecule has 0 fully saturated rings. The maximum absolute atomic E-state index is 13.0. The third kappa shape index (κ3) is 2.40. The van der Waals surface area contributed by atoms with E-state index in [0.717, 1.165) is 12.2 Å². The van der Waals surface area contributed by atoms with Crippen molar-refractivity contribution in [1.29, 1.82) is 0 Å². The lowest BCUT2D eigenvalue weighted by Crippen LogP contribution is -2.36. The van der Waals surface area contributed by atoms with E-state index in [-0.39, 0.29) is 5.82 Å². The van der Waals surface area contributed by atoms with Crippen molar-refractivity contribution >= 4 is 28.1 Å². The van der Waals surface area contributed by atoms with Crippen LogP contribution in [0.15, 0.2) is 65.7 Å². The van der Waals surface area contributed by atoms with Crippen LogP contribution in [0, 0.1) is 5.82 Å². The highest BCUT2D eigenvalue weighted by Crippen LogP contribution is 2.40. The molecule has 0 spiro atoms. The van der Waals surface area contributed by atoms with Crippen molar-refractivity contribution in [1.82, 2.24) is 0 Å². The molecule has 0 aliphatic carbocycles. The molecule has 0 saturated heterocycles. The molecule has 0 bridgehead atoms. The molecule has 120 valence electrons. The number of benzene rings is 3. The van der Waals surface area contributed by atoms with Crippen LogP contribution in [0.3, 0.4) is 0 Å². The molecule has 4 rings (SSSR count). The van der Waals surface area contributed by atoms with Gasteiger partial charge in [-0.3, -0.25) is 0 Å². The van der Waals surface area contributed by atoms with Gasteiger partial charge in [0.05, 0.1) is 5.69 Å². The Morgan fingerprint density at radius 1 is 1.08 bits per heavy atom.